The highest BCUT2D eigenvalue weighted by molar-refractivity contribution is 4.88. The van der Waals surface area contributed by atoms with Crippen molar-refractivity contribution in [3.63, 3.8) is 0 Å². The summed E-state index contributed by atoms with van der Waals surface area (Å²) in [6.07, 6.45) is 5.38. The monoisotopic (exact) mass is 251 g/mol. The molecule has 0 aliphatic carbocycles. The van der Waals surface area contributed by atoms with Crippen molar-refractivity contribution in [2.24, 2.45) is 11.3 Å². The Bertz CT molecular complexity index is 361. The second kappa shape index (κ2) is 5.83. The molecule has 0 amide bonds. The summed E-state index contributed by atoms with van der Waals surface area (Å²) in [7, 11) is 0. The lowest BCUT2D eigenvalue weighted by molar-refractivity contribution is 0.349. The van der Waals surface area contributed by atoms with E-state index in [1.54, 1.807) is 0 Å². The van der Waals surface area contributed by atoms with Gasteiger partial charge in [0.15, 0.2) is 5.82 Å². The number of nitrogens with one attached hydrogen (secondary N) is 1. The first-order valence-corrected chi connectivity index (χ1v) is 7.05. The van der Waals surface area contributed by atoms with Gasteiger partial charge >= 0.3 is 0 Å². The second-order valence-electron chi connectivity index (χ2n) is 6.56. The number of nitrogens with zero attached hydrogens (tertiary/aromatic N) is 2. The van der Waals surface area contributed by atoms with E-state index in [9.17, 15) is 0 Å². The van der Waals surface area contributed by atoms with E-state index >= 15 is 0 Å². The zero-order chi connectivity index (χ0) is 13.0. The summed E-state index contributed by atoms with van der Waals surface area (Å²) < 4.78 is 5.31. The molecule has 1 aromatic rings. The molecule has 0 bridgehead atoms. The van der Waals surface area contributed by atoms with Crippen LogP contribution in [0.25, 0.3) is 0 Å². The Morgan fingerprint density at radius 2 is 2.17 bits per heavy atom. The van der Waals surface area contributed by atoms with E-state index in [4.69, 9.17) is 4.52 Å². The molecule has 1 aliphatic heterocycles. The highest BCUT2D eigenvalue weighted by Crippen LogP contribution is 2.21. The minimum Gasteiger partial charge on any atom is -0.339 e. The van der Waals surface area contributed by atoms with Crippen LogP contribution >= 0.6 is 0 Å². The van der Waals surface area contributed by atoms with Crippen LogP contribution < -0.4 is 5.32 Å². The van der Waals surface area contributed by atoms with Gasteiger partial charge in [-0.3, -0.25) is 0 Å². The normalized spacial score (nSPS) is 20.5. The molecule has 0 aromatic carbocycles. The van der Waals surface area contributed by atoms with Crippen LogP contribution in [0, 0.1) is 11.3 Å². The molecule has 1 unspecified atom stereocenters. The fraction of sp³-hybridized carbons (Fsp3) is 0.857. The lowest BCUT2D eigenvalue weighted by Crippen LogP contribution is -2.09. The Kier molecular flexibility index (Phi) is 4.38. The molecule has 1 aliphatic rings. The van der Waals surface area contributed by atoms with Crippen molar-refractivity contribution in [3.8, 4) is 0 Å². The smallest absolute Gasteiger partial charge is 0.226 e. The van der Waals surface area contributed by atoms with E-state index in [-0.39, 0.29) is 0 Å². The average molecular weight is 251 g/mol. The fourth-order valence-corrected chi connectivity index (χ4v) is 2.27. The summed E-state index contributed by atoms with van der Waals surface area (Å²) in [5.74, 6) is 2.46. The molecule has 1 aromatic heterocycles. The van der Waals surface area contributed by atoms with E-state index in [0.29, 0.717) is 5.41 Å². The van der Waals surface area contributed by atoms with E-state index in [2.05, 4.69) is 36.2 Å². The van der Waals surface area contributed by atoms with Crippen molar-refractivity contribution in [1.82, 2.24) is 15.5 Å². The first-order chi connectivity index (χ1) is 8.53. The molecule has 4 nitrogen and oxygen atoms in total. The van der Waals surface area contributed by atoms with Crippen LogP contribution in [0.4, 0.5) is 0 Å². The van der Waals surface area contributed by atoms with Crippen molar-refractivity contribution < 1.29 is 4.52 Å². The zero-order valence-corrected chi connectivity index (χ0v) is 11.8. The summed E-state index contributed by atoms with van der Waals surface area (Å²) in [5, 5.41) is 7.45. The highest BCUT2D eigenvalue weighted by atomic mass is 16.5. The Hall–Kier alpha value is -0.900. The maximum absolute atomic E-state index is 5.31. The largest absolute Gasteiger partial charge is 0.339 e. The van der Waals surface area contributed by atoms with Gasteiger partial charge in [0.25, 0.3) is 0 Å². The minimum absolute atomic E-state index is 0.330. The Morgan fingerprint density at radius 3 is 2.83 bits per heavy atom. The molecular formula is C14H25N3O. The summed E-state index contributed by atoms with van der Waals surface area (Å²) in [5.41, 5.74) is 0.330. The van der Waals surface area contributed by atoms with Gasteiger partial charge in [-0.1, -0.05) is 25.9 Å². The molecule has 1 atom stereocenters. The molecule has 0 spiro atoms. The standard InChI is InChI=1S/C14H25N3O/c1-14(2,3)8-6-12-16-13(18-17-12)5-4-11-7-9-15-10-11/h11,15H,4-10H2,1-3H3. The Balaban J connectivity index is 1.75. The summed E-state index contributed by atoms with van der Waals surface area (Å²) in [6, 6.07) is 0. The molecule has 0 saturated carbocycles. The van der Waals surface area contributed by atoms with Crippen molar-refractivity contribution in [2.75, 3.05) is 13.1 Å². The Labute approximate surface area is 110 Å². The van der Waals surface area contributed by atoms with Crippen LogP contribution in [0.3, 0.4) is 0 Å². The lowest BCUT2D eigenvalue weighted by atomic mass is 9.90. The summed E-state index contributed by atoms with van der Waals surface area (Å²) in [4.78, 5) is 4.48. The number of hydrogen-bond donors (Lipinski definition) is 1. The van der Waals surface area contributed by atoms with Crippen molar-refractivity contribution in [1.29, 1.82) is 0 Å². The van der Waals surface area contributed by atoms with Crippen LogP contribution in [0.15, 0.2) is 4.52 Å². The predicted octanol–water partition coefficient (Wildman–Crippen LogP) is 2.59. The number of aromatic nitrogens is 2. The van der Waals surface area contributed by atoms with Gasteiger partial charge in [0.2, 0.25) is 5.89 Å². The molecule has 1 saturated heterocycles. The summed E-state index contributed by atoms with van der Waals surface area (Å²) >= 11 is 0. The highest BCUT2D eigenvalue weighted by Gasteiger charge is 2.17. The van der Waals surface area contributed by atoms with Gasteiger partial charge in [-0.05, 0) is 43.7 Å². The first-order valence-electron chi connectivity index (χ1n) is 7.05. The van der Waals surface area contributed by atoms with E-state index in [1.807, 2.05) is 0 Å². The fourth-order valence-electron chi connectivity index (χ4n) is 2.27. The van der Waals surface area contributed by atoms with Crippen LogP contribution in [-0.4, -0.2) is 23.2 Å². The molecule has 0 radical (unpaired) electrons. The number of hydrogen-bond acceptors (Lipinski definition) is 4. The van der Waals surface area contributed by atoms with Crippen LogP contribution in [0.2, 0.25) is 0 Å². The third-order valence-corrected chi connectivity index (χ3v) is 3.54. The maximum Gasteiger partial charge on any atom is 0.226 e. The van der Waals surface area contributed by atoms with Crippen LogP contribution in [-0.2, 0) is 12.8 Å². The molecule has 4 heteroatoms. The third kappa shape index (κ3) is 4.41. The van der Waals surface area contributed by atoms with Crippen molar-refractivity contribution in [3.05, 3.63) is 11.7 Å². The quantitative estimate of drug-likeness (QED) is 0.874. The Morgan fingerprint density at radius 1 is 1.33 bits per heavy atom. The van der Waals surface area contributed by atoms with E-state index in [1.165, 1.54) is 6.42 Å². The van der Waals surface area contributed by atoms with E-state index < -0.39 is 0 Å². The SMILES string of the molecule is CC(C)(C)CCc1noc(CCC2CCNC2)n1. The van der Waals surface area contributed by atoms with E-state index in [0.717, 1.165) is 56.4 Å². The van der Waals surface area contributed by atoms with Gasteiger partial charge in [0.05, 0.1) is 0 Å². The molecule has 2 heterocycles. The van der Waals surface area contributed by atoms with Gasteiger partial charge in [-0.15, -0.1) is 0 Å². The lowest BCUT2D eigenvalue weighted by Gasteiger charge is -2.15. The summed E-state index contributed by atoms with van der Waals surface area (Å²) in [6.45, 7) is 9.01. The maximum atomic E-state index is 5.31. The van der Waals surface area contributed by atoms with Gasteiger partial charge < -0.3 is 9.84 Å². The zero-order valence-electron chi connectivity index (χ0n) is 11.8. The molecule has 1 fully saturated rings. The van der Waals surface area contributed by atoms with Gasteiger partial charge in [0, 0.05) is 12.8 Å². The first kappa shape index (κ1) is 13.5. The van der Waals surface area contributed by atoms with Crippen molar-refractivity contribution in [2.45, 2.75) is 52.9 Å². The van der Waals surface area contributed by atoms with Crippen LogP contribution in [0.1, 0.15) is 51.7 Å². The molecule has 102 valence electrons. The molecule has 2 rings (SSSR count). The topological polar surface area (TPSA) is 51.0 Å². The van der Waals surface area contributed by atoms with Gasteiger partial charge in [-0.2, -0.15) is 4.98 Å². The third-order valence-electron chi connectivity index (χ3n) is 3.54. The number of rotatable bonds is 5. The molecule has 1 N–H and O–H groups in total. The second-order valence-corrected chi connectivity index (χ2v) is 6.56. The van der Waals surface area contributed by atoms with Crippen molar-refractivity contribution >= 4 is 0 Å². The average Bonchev–Trinajstić information content (AvgIpc) is 2.94. The molecule has 18 heavy (non-hydrogen) atoms. The number of aryl methyl sites for hydroxylation is 2. The minimum atomic E-state index is 0.330. The van der Waals surface area contributed by atoms with Crippen LogP contribution in [0.5, 0.6) is 0 Å². The van der Waals surface area contributed by atoms with Gasteiger partial charge in [-0.25, -0.2) is 0 Å². The predicted molar refractivity (Wildman–Crippen MR) is 71.4 cm³/mol. The molecular weight excluding hydrogens is 226 g/mol. The van der Waals surface area contributed by atoms with Gasteiger partial charge in [0.1, 0.15) is 0 Å².